The van der Waals surface area contributed by atoms with Crippen molar-refractivity contribution in [2.24, 2.45) is 0 Å². The number of nitrogens with one attached hydrogen (secondary N) is 1. The number of benzene rings is 3. The number of carbonyl (C=O) groups excluding carboxylic acids is 1. The molecule has 1 fully saturated rings. The standard InChI is InChI=1S/C28H32N2O2/c1-22-13-15-23(16-14-22)8-7-19-30-20-17-25(18-21-30)32-28(31)29-27-12-6-5-11-26(27)24-9-3-2-4-10-24/h2-6,9-16,25H,7-8,17-21H2,1H3,(H,29,31). The molecule has 3 aromatic rings. The van der Waals surface area contributed by atoms with Crippen molar-refractivity contribution in [2.45, 2.75) is 38.7 Å². The van der Waals surface area contributed by atoms with E-state index in [4.69, 9.17) is 4.74 Å². The minimum absolute atomic E-state index is 0.0211. The lowest BCUT2D eigenvalue weighted by Crippen LogP contribution is -2.39. The van der Waals surface area contributed by atoms with E-state index in [0.717, 1.165) is 62.1 Å². The predicted octanol–water partition coefficient (Wildman–Crippen LogP) is 6.31. The van der Waals surface area contributed by atoms with Gasteiger partial charge in [-0.25, -0.2) is 4.79 Å². The molecule has 0 aromatic heterocycles. The van der Waals surface area contributed by atoms with E-state index in [1.165, 1.54) is 11.1 Å². The number of carbonyl (C=O) groups is 1. The highest BCUT2D eigenvalue weighted by atomic mass is 16.6. The van der Waals surface area contributed by atoms with Crippen molar-refractivity contribution in [2.75, 3.05) is 25.0 Å². The maximum atomic E-state index is 12.6. The van der Waals surface area contributed by atoms with Crippen LogP contribution in [0.5, 0.6) is 0 Å². The SMILES string of the molecule is Cc1ccc(CCCN2CCC(OC(=O)Nc3ccccc3-c3ccccc3)CC2)cc1. The lowest BCUT2D eigenvalue weighted by atomic mass is 10.0. The second kappa shape index (κ2) is 11.0. The molecule has 0 saturated carbocycles. The fraction of sp³-hybridized carbons (Fsp3) is 0.321. The molecule has 0 spiro atoms. The number of hydrogen-bond donors (Lipinski definition) is 1. The first kappa shape index (κ1) is 22.1. The third kappa shape index (κ3) is 6.21. The van der Waals surface area contributed by atoms with Gasteiger partial charge in [0.15, 0.2) is 0 Å². The number of nitrogens with zero attached hydrogens (tertiary/aromatic N) is 1. The van der Waals surface area contributed by atoms with Gasteiger partial charge in [0.2, 0.25) is 0 Å². The molecule has 4 heteroatoms. The zero-order valence-corrected chi connectivity index (χ0v) is 18.8. The molecule has 166 valence electrons. The van der Waals surface area contributed by atoms with E-state index >= 15 is 0 Å². The van der Waals surface area contributed by atoms with Crippen LogP contribution in [0.3, 0.4) is 0 Å². The summed E-state index contributed by atoms with van der Waals surface area (Å²) in [6.45, 7) is 5.18. The fourth-order valence-electron chi connectivity index (χ4n) is 4.26. The second-order valence-corrected chi connectivity index (χ2v) is 8.57. The van der Waals surface area contributed by atoms with E-state index in [1.54, 1.807) is 0 Å². The minimum Gasteiger partial charge on any atom is -0.446 e. The Bertz CT molecular complexity index is 993. The van der Waals surface area contributed by atoms with Gasteiger partial charge in [0.1, 0.15) is 6.10 Å². The van der Waals surface area contributed by atoms with Gasteiger partial charge in [0.05, 0.1) is 5.69 Å². The van der Waals surface area contributed by atoms with Crippen LogP contribution in [0.4, 0.5) is 10.5 Å². The maximum Gasteiger partial charge on any atom is 0.411 e. The molecule has 0 atom stereocenters. The van der Waals surface area contributed by atoms with Gasteiger partial charge in [0, 0.05) is 18.7 Å². The largest absolute Gasteiger partial charge is 0.446 e. The first-order chi connectivity index (χ1) is 15.7. The molecular weight excluding hydrogens is 396 g/mol. The van der Waals surface area contributed by atoms with E-state index in [1.807, 2.05) is 54.6 Å². The van der Waals surface area contributed by atoms with Gasteiger partial charge in [-0.15, -0.1) is 0 Å². The van der Waals surface area contributed by atoms with Gasteiger partial charge in [-0.2, -0.15) is 0 Å². The van der Waals surface area contributed by atoms with E-state index < -0.39 is 0 Å². The van der Waals surface area contributed by atoms with Crippen LogP contribution >= 0.6 is 0 Å². The molecule has 0 radical (unpaired) electrons. The number of aryl methyl sites for hydroxylation is 2. The van der Waals surface area contributed by atoms with Crippen molar-refractivity contribution in [3.05, 3.63) is 90.0 Å². The molecule has 1 aliphatic rings. The third-order valence-electron chi connectivity index (χ3n) is 6.12. The van der Waals surface area contributed by atoms with Crippen LogP contribution in [-0.2, 0) is 11.2 Å². The van der Waals surface area contributed by atoms with Crippen LogP contribution in [0.2, 0.25) is 0 Å². The van der Waals surface area contributed by atoms with Crippen molar-refractivity contribution < 1.29 is 9.53 Å². The fourth-order valence-corrected chi connectivity index (χ4v) is 4.26. The van der Waals surface area contributed by atoms with Crippen molar-refractivity contribution in [3.8, 4) is 11.1 Å². The molecule has 4 rings (SSSR count). The summed E-state index contributed by atoms with van der Waals surface area (Å²) in [6.07, 6.45) is 3.65. The highest BCUT2D eigenvalue weighted by molar-refractivity contribution is 5.91. The Balaban J connectivity index is 1.21. The quantitative estimate of drug-likeness (QED) is 0.480. The second-order valence-electron chi connectivity index (χ2n) is 8.57. The number of rotatable bonds is 7. The zero-order valence-electron chi connectivity index (χ0n) is 18.8. The van der Waals surface area contributed by atoms with E-state index in [9.17, 15) is 4.79 Å². The summed E-state index contributed by atoms with van der Waals surface area (Å²) in [4.78, 5) is 15.0. The summed E-state index contributed by atoms with van der Waals surface area (Å²) in [5, 5.41) is 2.95. The molecular formula is C28H32N2O2. The van der Waals surface area contributed by atoms with Gasteiger partial charge < -0.3 is 9.64 Å². The monoisotopic (exact) mass is 428 g/mol. The normalized spacial score (nSPS) is 14.8. The average Bonchev–Trinajstić information content (AvgIpc) is 2.82. The molecule has 1 N–H and O–H groups in total. The molecule has 0 bridgehead atoms. The Labute approximate surface area is 191 Å². The Morgan fingerprint density at radius 2 is 1.62 bits per heavy atom. The summed E-state index contributed by atoms with van der Waals surface area (Å²) >= 11 is 0. The number of anilines is 1. The van der Waals surface area contributed by atoms with Crippen LogP contribution in [0.15, 0.2) is 78.9 Å². The van der Waals surface area contributed by atoms with Crippen LogP contribution in [0.1, 0.15) is 30.4 Å². The smallest absolute Gasteiger partial charge is 0.411 e. The Morgan fingerprint density at radius 3 is 2.38 bits per heavy atom. The van der Waals surface area contributed by atoms with Crippen molar-refractivity contribution in [1.82, 2.24) is 4.90 Å². The van der Waals surface area contributed by atoms with Crippen LogP contribution in [0.25, 0.3) is 11.1 Å². The molecule has 1 heterocycles. The summed E-state index contributed by atoms with van der Waals surface area (Å²) in [6, 6.07) is 26.7. The summed E-state index contributed by atoms with van der Waals surface area (Å²) in [5.74, 6) is 0. The molecule has 1 saturated heterocycles. The first-order valence-corrected chi connectivity index (χ1v) is 11.6. The van der Waals surface area contributed by atoms with Crippen LogP contribution in [-0.4, -0.2) is 36.7 Å². The Morgan fingerprint density at radius 1 is 0.938 bits per heavy atom. The van der Waals surface area contributed by atoms with Gasteiger partial charge in [-0.05, 0) is 56.3 Å². The molecule has 1 amide bonds. The number of piperidine rings is 1. The summed E-state index contributed by atoms with van der Waals surface area (Å²) in [7, 11) is 0. The molecule has 32 heavy (non-hydrogen) atoms. The lowest BCUT2D eigenvalue weighted by molar-refractivity contribution is 0.0587. The van der Waals surface area contributed by atoms with Gasteiger partial charge in [-0.1, -0.05) is 78.4 Å². The lowest BCUT2D eigenvalue weighted by Gasteiger charge is -2.31. The van der Waals surface area contributed by atoms with Gasteiger partial charge in [-0.3, -0.25) is 5.32 Å². The molecule has 0 aliphatic carbocycles. The van der Waals surface area contributed by atoms with E-state index in [0.29, 0.717) is 0 Å². The summed E-state index contributed by atoms with van der Waals surface area (Å²) < 4.78 is 5.74. The third-order valence-corrected chi connectivity index (χ3v) is 6.12. The van der Waals surface area contributed by atoms with Crippen molar-refractivity contribution in [3.63, 3.8) is 0 Å². The number of likely N-dealkylation sites (tertiary alicyclic amines) is 1. The zero-order chi connectivity index (χ0) is 22.2. The Hall–Kier alpha value is -3.11. The predicted molar refractivity (Wildman–Crippen MR) is 131 cm³/mol. The van der Waals surface area contributed by atoms with E-state index in [2.05, 4.69) is 41.4 Å². The number of amides is 1. The van der Waals surface area contributed by atoms with Gasteiger partial charge >= 0.3 is 6.09 Å². The average molecular weight is 429 g/mol. The number of hydrogen-bond acceptors (Lipinski definition) is 3. The molecule has 1 aliphatic heterocycles. The molecule has 4 nitrogen and oxygen atoms in total. The number of para-hydroxylation sites is 1. The minimum atomic E-state index is -0.369. The first-order valence-electron chi connectivity index (χ1n) is 11.6. The number of ether oxygens (including phenoxy) is 1. The van der Waals surface area contributed by atoms with Crippen LogP contribution < -0.4 is 5.32 Å². The van der Waals surface area contributed by atoms with Crippen LogP contribution in [0, 0.1) is 6.92 Å². The van der Waals surface area contributed by atoms with Crippen molar-refractivity contribution >= 4 is 11.8 Å². The maximum absolute atomic E-state index is 12.6. The Kier molecular flexibility index (Phi) is 7.57. The highest BCUT2D eigenvalue weighted by Crippen LogP contribution is 2.28. The van der Waals surface area contributed by atoms with Crippen molar-refractivity contribution in [1.29, 1.82) is 0 Å². The summed E-state index contributed by atoms with van der Waals surface area (Å²) in [5.41, 5.74) is 5.55. The highest BCUT2D eigenvalue weighted by Gasteiger charge is 2.22. The topological polar surface area (TPSA) is 41.6 Å². The molecule has 3 aromatic carbocycles. The van der Waals surface area contributed by atoms with Gasteiger partial charge in [0.25, 0.3) is 0 Å². The van der Waals surface area contributed by atoms with E-state index in [-0.39, 0.29) is 12.2 Å². The molecule has 0 unspecified atom stereocenters.